The van der Waals surface area contributed by atoms with E-state index in [1.165, 1.54) is 23.4 Å². The van der Waals surface area contributed by atoms with E-state index >= 15 is 0 Å². The minimum atomic E-state index is -0.170. The van der Waals surface area contributed by atoms with Gasteiger partial charge in [-0.15, -0.1) is 10.2 Å². The van der Waals surface area contributed by atoms with Crippen LogP contribution in [-0.4, -0.2) is 36.0 Å². The summed E-state index contributed by atoms with van der Waals surface area (Å²) in [4.78, 5) is 20.6. The minimum Gasteiger partial charge on any atom is -0.292 e. The smallest absolute Gasteiger partial charge is 0.190 e. The van der Waals surface area contributed by atoms with Crippen LogP contribution in [0.15, 0.2) is 18.6 Å². The van der Waals surface area contributed by atoms with Gasteiger partial charge in [-0.05, 0) is 5.21 Å². The Hall–Kier alpha value is -2.18. The van der Waals surface area contributed by atoms with Crippen LogP contribution in [0.4, 0.5) is 0 Å². The zero-order valence-electron chi connectivity index (χ0n) is 8.03. The van der Waals surface area contributed by atoms with Gasteiger partial charge in [-0.3, -0.25) is 9.78 Å². The second kappa shape index (κ2) is 3.91. The summed E-state index contributed by atoms with van der Waals surface area (Å²) in [6.45, 7) is 0. The van der Waals surface area contributed by atoms with Crippen LogP contribution in [0.5, 0.6) is 0 Å². The maximum absolute atomic E-state index is 11.6. The van der Waals surface area contributed by atoms with Gasteiger partial charge in [0, 0.05) is 12.4 Å². The number of aromatic nitrogens is 6. The van der Waals surface area contributed by atoms with Gasteiger partial charge in [0.15, 0.2) is 11.6 Å². The van der Waals surface area contributed by atoms with E-state index in [1.54, 1.807) is 7.05 Å². The van der Waals surface area contributed by atoms with Crippen molar-refractivity contribution in [3.8, 4) is 0 Å². The van der Waals surface area contributed by atoms with E-state index in [0.29, 0.717) is 11.5 Å². The molecule has 0 fully saturated rings. The predicted molar refractivity (Wildman–Crippen MR) is 48.9 cm³/mol. The topological polar surface area (TPSA) is 86.5 Å². The van der Waals surface area contributed by atoms with Gasteiger partial charge >= 0.3 is 0 Å². The number of aryl methyl sites for hydroxylation is 1. The van der Waals surface area contributed by atoms with E-state index in [4.69, 9.17) is 0 Å². The molecular formula is C8H8N6O. The number of nitrogens with zero attached hydrogens (tertiary/aromatic N) is 6. The molecule has 0 saturated heterocycles. The Balaban J connectivity index is 2.11. The summed E-state index contributed by atoms with van der Waals surface area (Å²) in [5, 5.41) is 11.2. The third-order valence-corrected chi connectivity index (χ3v) is 1.72. The van der Waals surface area contributed by atoms with E-state index in [2.05, 4.69) is 25.4 Å². The first-order valence-corrected chi connectivity index (χ1v) is 4.28. The van der Waals surface area contributed by atoms with Crippen LogP contribution in [-0.2, 0) is 13.5 Å². The first-order valence-electron chi connectivity index (χ1n) is 4.28. The van der Waals surface area contributed by atoms with Crippen LogP contribution < -0.4 is 0 Å². The van der Waals surface area contributed by atoms with Crippen molar-refractivity contribution >= 4 is 5.78 Å². The summed E-state index contributed by atoms with van der Waals surface area (Å²) in [5.74, 6) is 0.212. The molecule has 0 saturated carbocycles. The largest absolute Gasteiger partial charge is 0.292 e. The maximum atomic E-state index is 11.6. The standard InChI is InChI=1S/C8H8N6O/c1-14-12-8(11-13-14)4-7(15)6-5-9-2-3-10-6/h2-3,5H,4H2,1H3. The Morgan fingerprint density at radius 3 is 2.93 bits per heavy atom. The number of Topliss-reactive ketones (excluding diaryl/α,β-unsaturated/α-hetero) is 1. The highest BCUT2D eigenvalue weighted by Gasteiger charge is 2.11. The van der Waals surface area contributed by atoms with Crippen molar-refractivity contribution in [1.29, 1.82) is 0 Å². The van der Waals surface area contributed by atoms with Crippen molar-refractivity contribution in [3.05, 3.63) is 30.1 Å². The van der Waals surface area contributed by atoms with Crippen LogP contribution in [0.2, 0.25) is 0 Å². The fourth-order valence-corrected chi connectivity index (χ4v) is 1.07. The molecule has 2 rings (SSSR count). The van der Waals surface area contributed by atoms with Crippen LogP contribution in [0.3, 0.4) is 0 Å². The number of carbonyl (C=O) groups is 1. The summed E-state index contributed by atoms with van der Waals surface area (Å²) in [6.07, 6.45) is 4.49. The van der Waals surface area contributed by atoms with Crippen molar-refractivity contribution in [3.63, 3.8) is 0 Å². The molecule has 2 heterocycles. The molecule has 76 valence electrons. The summed E-state index contributed by atoms with van der Waals surface area (Å²) >= 11 is 0. The number of hydrogen-bond donors (Lipinski definition) is 0. The molecule has 7 nitrogen and oxygen atoms in total. The third-order valence-electron chi connectivity index (χ3n) is 1.72. The molecule has 0 spiro atoms. The molecule has 0 unspecified atom stereocenters. The lowest BCUT2D eigenvalue weighted by atomic mass is 10.2. The lowest BCUT2D eigenvalue weighted by Crippen LogP contribution is -2.07. The quantitative estimate of drug-likeness (QED) is 0.622. The van der Waals surface area contributed by atoms with Crippen molar-refractivity contribution in [1.82, 2.24) is 30.2 Å². The lowest BCUT2D eigenvalue weighted by molar-refractivity contribution is 0.0985. The van der Waals surface area contributed by atoms with Crippen molar-refractivity contribution < 1.29 is 4.79 Å². The Kier molecular flexibility index (Phi) is 2.44. The van der Waals surface area contributed by atoms with Crippen LogP contribution >= 0.6 is 0 Å². The molecule has 0 aromatic carbocycles. The van der Waals surface area contributed by atoms with E-state index in [0.717, 1.165) is 0 Å². The van der Waals surface area contributed by atoms with E-state index < -0.39 is 0 Å². The van der Waals surface area contributed by atoms with Gasteiger partial charge in [0.25, 0.3) is 0 Å². The monoisotopic (exact) mass is 204 g/mol. The van der Waals surface area contributed by atoms with Crippen LogP contribution in [0, 0.1) is 0 Å². The molecule has 0 atom stereocenters. The second-order valence-corrected chi connectivity index (χ2v) is 2.89. The molecule has 7 heteroatoms. The fraction of sp³-hybridized carbons (Fsp3) is 0.250. The Morgan fingerprint density at radius 2 is 2.33 bits per heavy atom. The molecule has 0 aliphatic rings. The van der Waals surface area contributed by atoms with Crippen molar-refractivity contribution in [2.75, 3.05) is 0 Å². The first-order chi connectivity index (χ1) is 7.25. The number of tetrazole rings is 1. The molecule has 0 aliphatic carbocycles. The summed E-state index contributed by atoms with van der Waals surface area (Å²) in [7, 11) is 1.64. The number of hydrogen-bond acceptors (Lipinski definition) is 6. The zero-order chi connectivity index (χ0) is 10.7. The average Bonchev–Trinajstić information content (AvgIpc) is 2.65. The maximum Gasteiger partial charge on any atom is 0.190 e. The first kappa shape index (κ1) is 9.38. The van der Waals surface area contributed by atoms with Crippen LogP contribution in [0.25, 0.3) is 0 Å². The van der Waals surface area contributed by atoms with Gasteiger partial charge in [0.05, 0.1) is 19.7 Å². The average molecular weight is 204 g/mol. The van der Waals surface area contributed by atoms with Gasteiger partial charge in [-0.25, -0.2) is 4.98 Å². The highest BCUT2D eigenvalue weighted by atomic mass is 16.1. The van der Waals surface area contributed by atoms with Gasteiger partial charge in [-0.2, -0.15) is 4.80 Å². The molecule has 15 heavy (non-hydrogen) atoms. The molecule has 0 N–H and O–H groups in total. The minimum absolute atomic E-state index is 0.0898. The molecule has 2 aromatic rings. The Morgan fingerprint density at radius 1 is 1.47 bits per heavy atom. The van der Waals surface area contributed by atoms with Gasteiger partial charge in [-0.1, -0.05) is 0 Å². The van der Waals surface area contributed by atoms with E-state index in [1.807, 2.05) is 0 Å². The fourth-order valence-electron chi connectivity index (χ4n) is 1.07. The van der Waals surface area contributed by atoms with Crippen molar-refractivity contribution in [2.45, 2.75) is 6.42 Å². The van der Waals surface area contributed by atoms with E-state index in [-0.39, 0.29) is 12.2 Å². The number of ketones is 1. The van der Waals surface area contributed by atoms with Gasteiger partial charge in [0.2, 0.25) is 0 Å². The van der Waals surface area contributed by atoms with Crippen molar-refractivity contribution in [2.24, 2.45) is 7.05 Å². The number of carbonyl (C=O) groups excluding carboxylic acids is 1. The third kappa shape index (κ3) is 2.19. The zero-order valence-corrected chi connectivity index (χ0v) is 8.03. The normalized spacial score (nSPS) is 10.2. The number of rotatable bonds is 3. The SMILES string of the molecule is Cn1nnc(CC(=O)c2cnccn2)n1. The molecule has 2 aromatic heterocycles. The Bertz CT molecular complexity index is 465. The van der Waals surface area contributed by atoms with E-state index in [9.17, 15) is 4.79 Å². The predicted octanol–water partition coefficient (Wildman–Crippen LogP) is -0.575. The summed E-state index contributed by atoms with van der Waals surface area (Å²) in [5.41, 5.74) is 0.310. The molecular weight excluding hydrogens is 196 g/mol. The van der Waals surface area contributed by atoms with Crippen LogP contribution in [0.1, 0.15) is 16.3 Å². The highest BCUT2D eigenvalue weighted by Crippen LogP contribution is 1.98. The van der Waals surface area contributed by atoms with Gasteiger partial charge < -0.3 is 0 Å². The molecule has 0 amide bonds. The second-order valence-electron chi connectivity index (χ2n) is 2.89. The molecule has 0 bridgehead atoms. The lowest BCUT2D eigenvalue weighted by Gasteiger charge is -1.94. The Labute approximate surface area is 85.2 Å². The molecule has 0 radical (unpaired) electrons. The summed E-state index contributed by atoms with van der Waals surface area (Å²) in [6, 6.07) is 0. The summed E-state index contributed by atoms with van der Waals surface area (Å²) < 4.78 is 0. The van der Waals surface area contributed by atoms with Gasteiger partial charge in [0.1, 0.15) is 5.69 Å². The molecule has 0 aliphatic heterocycles. The highest BCUT2D eigenvalue weighted by molar-refractivity contribution is 5.94.